The highest BCUT2D eigenvalue weighted by Gasteiger charge is 2.25. The van der Waals surface area contributed by atoms with Gasteiger partial charge in [-0.05, 0) is 24.6 Å². The minimum atomic E-state index is -3.72. The van der Waals surface area contributed by atoms with Gasteiger partial charge in [0.05, 0.1) is 21.1 Å². The number of carbonyl (C=O) groups excluding carboxylic acids is 1. The van der Waals surface area contributed by atoms with Gasteiger partial charge in [-0.2, -0.15) is 0 Å². The second-order valence-electron chi connectivity index (χ2n) is 5.07. The molecule has 0 aliphatic rings. The van der Waals surface area contributed by atoms with Gasteiger partial charge in [-0.1, -0.05) is 19.1 Å². The number of nitro benzene ring substituents is 1. The molecule has 2 rings (SSSR count). The smallest absolute Gasteiger partial charge is 0.345 e. The van der Waals surface area contributed by atoms with Crippen LogP contribution in [0.5, 0.6) is 5.75 Å². The molecule has 0 atom stereocenters. The van der Waals surface area contributed by atoms with E-state index in [1.165, 1.54) is 24.3 Å². The lowest BCUT2D eigenvalue weighted by Crippen LogP contribution is -2.16. The van der Waals surface area contributed by atoms with Crippen molar-refractivity contribution in [1.82, 2.24) is 0 Å². The Morgan fingerprint density at radius 2 is 1.92 bits per heavy atom. The van der Waals surface area contributed by atoms with E-state index >= 15 is 0 Å². The highest BCUT2D eigenvalue weighted by molar-refractivity contribution is 7.91. The minimum absolute atomic E-state index is 0.169. The van der Waals surface area contributed by atoms with Crippen molar-refractivity contribution in [2.45, 2.75) is 18.2 Å². The predicted octanol–water partition coefficient (Wildman–Crippen LogP) is 3.14. The first-order valence-corrected chi connectivity index (χ1v) is 8.89. The molecule has 0 aliphatic carbocycles. The Morgan fingerprint density at radius 3 is 2.56 bits per heavy atom. The van der Waals surface area contributed by atoms with Crippen molar-refractivity contribution in [3.05, 3.63) is 64.0 Å². The summed E-state index contributed by atoms with van der Waals surface area (Å²) >= 11 is 0. The molecule has 2 aromatic carbocycles. The first kappa shape index (κ1) is 18.5. The third kappa shape index (κ3) is 4.18. The summed E-state index contributed by atoms with van der Waals surface area (Å²) in [6.45, 7) is 1.68. The van der Waals surface area contributed by atoms with Crippen molar-refractivity contribution in [2.75, 3.05) is 5.75 Å². The zero-order valence-corrected chi connectivity index (χ0v) is 14.0. The zero-order valence-electron chi connectivity index (χ0n) is 13.1. The van der Waals surface area contributed by atoms with Crippen LogP contribution in [-0.2, 0) is 9.84 Å². The maximum Gasteiger partial charge on any atom is 0.345 e. The van der Waals surface area contributed by atoms with Crippen LogP contribution in [0.2, 0.25) is 0 Å². The van der Waals surface area contributed by atoms with Crippen molar-refractivity contribution in [1.29, 1.82) is 0 Å². The van der Waals surface area contributed by atoms with Crippen molar-refractivity contribution in [3.63, 3.8) is 0 Å². The Balaban J connectivity index is 2.45. The SMILES string of the molecule is CCCS(=O)(=O)c1ccccc1C(=O)Oc1cc(F)ccc1[N+](=O)[O-]. The molecule has 132 valence electrons. The normalized spacial score (nSPS) is 11.1. The van der Waals surface area contributed by atoms with Gasteiger partial charge in [0.1, 0.15) is 5.82 Å². The van der Waals surface area contributed by atoms with Crippen LogP contribution in [0.4, 0.5) is 10.1 Å². The van der Waals surface area contributed by atoms with E-state index in [1.54, 1.807) is 6.92 Å². The molecule has 0 heterocycles. The van der Waals surface area contributed by atoms with Crippen LogP contribution in [-0.4, -0.2) is 25.1 Å². The zero-order chi connectivity index (χ0) is 18.6. The summed E-state index contributed by atoms with van der Waals surface area (Å²) in [5.41, 5.74) is -0.877. The van der Waals surface area contributed by atoms with Gasteiger partial charge in [-0.3, -0.25) is 10.1 Å². The van der Waals surface area contributed by atoms with E-state index in [2.05, 4.69) is 0 Å². The molecule has 0 fully saturated rings. The van der Waals surface area contributed by atoms with Gasteiger partial charge in [0.15, 0.2) is 9.84 Å². The Labute approximate surface area is 143 Å². The number of esters is 1. The van der Waals surface area contributed by atoms with E-state index in [0.717, 1.165) is 12.1 Å². The largest absolute Gasteiger partial charge is 0.415 e. The Morgan fingerprint density at radius 1 is 1.24 bits per heavy atom. The number of hydrogen-bond acceptors (Lipinski definition) is 6. The van der Waals surface area contributed by atoms with Crippen LogP contribution in [0.1, 0.15) is 23.7 Å². The first-order chi connectivity index (χ1) is 11.8. The van der Waals surface area contributed by atoms with Crippen LogP contribution < -0.4 is 4.74 Å². The Bertz CT molecular complexity index is 926. The van der Waals surface area contributed by atoms with E-state index in [1.807, 2.05) is 0 Å². The minimum Gasteiger partial charge on any atom is -0.415 e. The molecule has 9 heteroatoms. The molecule has 0 saturated heterocycles. The third-order valence-electron chi connectivity index (χ3n) is 3.24. The summed E-state index contributed by atoms with van der Waals surface area (Å²) in [7, 11) is -3.72. The molecule has 2 aromatic rings. The number of hydrogen-bond donors (Lipinski definition) is 0. The fourth-order valence-electron chi connectivity index (χ4n) is 2.16. The quantitative estimate of drug-likeness (QED) is 0.336. The van der Waals surface area contributed by atoms with E-state index < -0.39 is 38.0 Å². The third-order valence-corrected chi connectivity index (χ3v) is 5.21. The Kier molecular flexibility index (Phi) is 5.48. The lowest BCUT2D eigenvalue weighted by molar-refractivity contribution is -0.385. The maximum absolute atomic E-state index is 13.3. The number of ether oxygens (including phenoxy) is 1. The second-order valence-corrected chi connectivity index (χ2v) is 7.15. The van der Waals surface area contributed by atoms with Crippen LogP contribution in [0.25, 0.3) is 0 Å². The Hall–Kier alpha value is -2.81. The lowest BCUT2D eigenvalue weighted by atomic mass is 10.2. The van der Waals surface area contributed by atoms with Gasteiger partial charge in [-0.25, -0.2) is 17.6 Å². The van der Waals surface area contributed by atoms with Crippen LogP contribution in [0.15, 0.2) is 47.4 Å². The van der Waals surface area contributed by atoms with Crippen LogP contribution in [0.3, 0.4) is 0 Å². The summed E-state index contributed by atoms with van der Waals surface area (Å²) in [5.74, 6) is -2.72. The van der Waals surface area contributed by atoms with E-state index in [9.17, 15) is 27.7 Å². The standard InChI is InChI=1S/C16H14FNO6S/c1-2-9-25(22,23)15-6-4-3-5-12(15)16(19)24-14-10-11(17)7-8-13(14)18(20)21/h3-8,10H,2,9H2,1H3. The fourth-order valence-corrected chi connectivity index (χ4v) is 3.69. The summed E-state index contributed by atoms with van der Waals surface area (Å²) in [4.78, 5) is 22.2. The molecule has 0 saturated carbocycles. The molecular weight excluding hydrogens is 353 g/mol. The number of carbonyl (C=O) groups is 1. The second kappa shape index (κ2) is 7.39. The van der Waals surface area contributed by atoms with Crippen molar-refractivity contribution in [3.8, 4) is 5.75 Å². The average molecular weight is 367 g/mol. The molecule has 0 amide bonds. The van der Waals surface area contributed by atoms with Crippen LogP contribution in [0, 0.1) is 15.9 Å². The summed E-state index contributed by atoms with van der Waals surface area (Å²) in [5, 5.41) is 11.0. The van der Waals surface area contributed by atoms with Crippen molar-refractivity contribution < 1.29 is 27.3 Å². The van der Waals surface area contributed by atoms with Crippen molar-refractivity contribution in [2.24, 2.45) is 0 Å². The fraction of sp³-hybridized carbons (Fsp3) is 0.188. The number of benzene rings is 2. The number of nitro groups is 1. The molecule has 25 heavy (non-hydrogen) atoms. The molecule has 7 nitrogen and oxygen atoms in total. The van der Waals surface area contributed by atoms with Gasteiger partial charge in [0.2, 0.25) is 5.75 Å². The van der Waals surface area contributed by atoms with Crippen molar-refractivity contribution >= 4 is 21.5 Å². The summed E-state index contributed by atoms with van der Waals surface area (Å²) in [6, 6.07) is 7.77. The average Bonchev–Trinajstić information content (AvgIpc) is 2.54. The molecule has 0 radical (unpaired) electrons. The van der Waals surface area contributed by atoms with Gasteiger partial charge in [0, 0.05) is 12.1 Å². The highest BCUT2D eigenvalue weighted by atomic mass is 32.2. The number of halogens is 1. The van der Waals surface area contributed by atoms with Gasteiger partial charge < -0.3 is 4.74 Å². The lowest BCUT2D eigenvalue weighted by Gasteiger charge is -2.10. The van der Waals surface area contributed by atoms with Gasteiger partial charge >= 0.3 is 11.7 Å². The number of nitrogens with zero attached hydrogens (tertiary/aromatic N) is 1. The summed E-state index contributed by atoms with van der Waals surface area (Å²) < 4.78 is 42.8. The predicted molar refractivity (Wildman–Crippen MR) is 86.8 cm³/mol. The molecule has 0 bridgehead atoms. The number of sulfone groups is 1. The molecule has 0 aromatic heterocycles. The van der Waals surface area contributed by atoms with E-state index in [0.29, 0.717) is 12.5 Å². The monoisotopic (exact) mass is 367 g/mol. The van der Waals surface area contributed by atoms with Gasteiger partial charge in [-0.15, -0.1) is 0 Å². The number of rotatable bonds is 6. The van der Waals surface area contributed by atoms with Gasteiger partial charge in [0.25, 0.3) is 0 Å². The first-order valence-electron chi connectivity index (χ1n) is 7.24. The summed E-state index contributed by atoms with van der Waals surface area (Å²) in [6.07, 6.45) is 0.348. The molecule has 0 aliphatic heterocycles. The van der Waals surface area contributed by atoms with E-state index in [-0.39, 0.29) is 16.2 Å². The highest BCUT2D eigenvalue weighted by Crippen LogP contribution is 2.29. The molecule has 0 unspecified atom stereocenters. The van der Waals surface area contributed by atoms with Crippen LogP contribution >= 0.6 is 0 Å². The van der Waals surface area contributed by atoms with E-state index in [4.69, 9.17) is 4.74 Å². The molecule has 0 N–H and O–H groups in total. The maximum atomic E-state index is 13.3. The molecule has 0 spiro atoms. The topological polar surface area (TPSA) is 104 Å². The molecular formula is C16H14FNO6S.